The molecule has 5 heteroatoms. The van der Waals surface area contributed by atoms with Crippen LogP contribution in [0.1, 0.15) is 11.3 Å². The molecule has 88 valence electrons. The van der Waals surface area contributed by atoms with E-state index >= 15 is 0 Å². The van der Waals surface area contributed by atoms with Crippen molar-refractivity contribution in [2.45, 2.75) is 20.4 Å². The highest BCUT2D eigenvalue weighted by atomic mass is 16.5. The largest absolute Gasteiger partial charge is 0.360 e. The second-order valence-corrected chi connectivity index (χ2v) is 3.92. The van der Waals surface area contributed by atoms with E-state index in [9.17, 15) is 4.79 Å². The van der Waals surface area contributed by atoms with Crippen molar-refractivity contribution in [3.63, 3.8) is 0 Å². The SMILES string of the molecule is Cc1cc[n+](CC(=O)Nc2cc(C)on2)cc1. The fourth-order valence-corrected chi connectivity index (χ4v) is 1.41. The Hall–Kier alpha value is -2.17. The van der Waals surface area contributed by atoms with Gasteiger partial charge in [-0.25, -0.2) is 0 Å². The highest BCUT2D eigenvalue weighted by Crippen LogP contribution is 2.06. The summed E-state index contributed by atoms with van der Waals surface area (Å²) in [5.41, 5.74) is 1.16. The molecular formula is C12H14N3O2+. The molecule has 2 heterocycles. The number of nitrogens with zero attached hydrogens (tertiary/aromatic N) is 2. The summed E-state index contributed by atoms with van der Waals surface area (Å²) in [4.78, 5) is 11.7. The number of rotatable bonds is 3. The van der Waals surface area contributed by atoms with E-state index in [2.05, 4.69) is 10.5 Å². The van der Waals surface area contributed by atoms with Crippen molar-refractivity contribution < 1.29 is 13.9 Å². The van der Waals surface area contributed by atoms with Crippen LogP contribution in [0.25, 0.3) is 0 Å². The van der Waals surface area contributed by atoms with Gasteiger partial charge in [0, 0.05) is 18.2 Å². The number of aryl methyl sites for hydroxylation is 2. The molecule has 0 saturated carbocycles. The van der Waals surface area contributed by atoms with E-state index in [1.807, 2.05) is 31.5 Å². The van der Waals surface area contributed by atoms with Gasteiger partial charge in [-0.2, -0.15) is 4.57 Å². The van der Waals surface area contributed by atoms with Gasteiger partial charge in [0.15, 0.2) is 18.2 Å². The molecule has 5 nitrogen and oxygen atoms in total. The first-order chi connectivity index (χ1) is 8.13. The Balaban J connectivity index is 1.95. The number of carbonyl (C=O) groups is 1. The van der Waals surface area contributed by atoms with E-state index in [-0.39, 0.29) is 12.5 Å². The average molecular weight is 232 g/mol. The molecule has 2 aromatic rings. The third-order valence-corrected chi connectivity index (χ3v) is 2.28. The van der Waals surface area contributed by atoms with Gasteiger partial charge < -0.3 is 9.84 Å². The van der Waals surface area contributed by atoms with E-state index in [4.69, 9.17) is 4.52 Å². The number of aromatic nitrogens is 2. The van der Waals surface area contributed by atoms with E-state index in [0.717, 1.165) is 5.56 Å². The van der Waals surface area contributed by atoms with Crippen LogP contribution in [-0.4, -0.2) is 11.1 Å². The number of hydrogen-bond donors (Lipinski definition) is 1. The number of nitrogens with one attached hydrogen (secondary N) is 1. The molecular weight excluding hydrogens is 218 g/mol. The normalized spacial score (nSPS) is 10.2. The van der Waals surface area contributed by atoms with Gasteiger partial charge in [-0.15, -0.1) is 0 Å². The van der Waals surface area contributed by atoms with Crippen LogP contribution in [0.5, 0.6) is 0 Å². The number of anilines is 1. The molecule has 0 aliphatic rings. The summed E-state index contributed by atoms with van der Waals surface area (Å²) in [6.07, 6.45) is 3.73. The van der Waals surface area contributed by atoms with Gasteiger partial charge in [0.2, 0.25) is 6.54 Å². The Bertz CT molecular complexity index is 517. The van der Waals surface area contributed by atoms with Gasteiger partial charge in [0.1, 0.15) is 5.76 Å². The monoisotopic (exact) mass is 232 g/mol. The molecule has 1 N–H and O–H groups in total. The molecule has 1 amide bonds. The average Bonchev–Trinajstić information content (AvgIpc) is 2.67. The van der Waals surface area contributed by atoms with Crippen molar-refractivity contribution in [3.8, 4) is 0 Å². The zero-order valence-electron chi connectivity index (χ0n) is 9.80. The van der Waals surface area contributed by atoms with Crippen molar-refractivity contribution in [2.24, 2.45) is 0 Å². The van der Waals surface area contributed by atoms with Crippen LogP contribution in [0.2, 0.25) is 0 Å². The molecule has 2 aromatic heterocycles. The Kier molecular flexibility index (Phi) is 3.18. The summed E-state index contributed by atoms with van der Waals surface area (Å²) in [6, 6.07) is 5.58. The first-order valence-corrected chi connectivity index (χ1v) is 5.32. The number of amides is 1. The number of pyridine rings is 1. The third kappa shape index (κ3) is 3.14. The minimum Gasteiger partial charge on any atom is -0.360 e. The Morgan fingerprint density at radius 3 is 2.71 bits per heavy atom. The first kappa shape index (κ1) is 11.3. The standard InChI is InChI=1S/C12H13N3O2/c1-9-3-5-15(6-4-9)8-12(16)13-11-7-10(2)17-14-11/h3-7H,8H2,1-2H3/p+1. The van der Waals surface area contributed by atoms with Gasteiger partial charge in [0.05, 0.1) is 0 Å². The predicted molar refractivity (Wildman–Crippen MR) is 61.2 cm³/mol. The van der Waals surface area contributed by atoms with Crippen LogP contribution in [0, 0.1) is 13.8 Å². The van der Waals surface area contributed by atoms with E-state index in [1.54, 1.807) is 17.6 Å². The molecule has 0 aliphatic carbocycles. The molecule has 0 bridgehead atoms. The van der Waals surface area contributed by atoms with Crippen LogP contribution in [0.3, 0.4) is 0 Å². The fraction of sp³-hybridized carbons (Fsp3) is 0.250. The molecule has 0 unspecified atom stereocenters. The maximum absolute atomic E-state index is 11.7. The summed E-state index contributed by atoms with van der Waals surface area (Å²) < 4.78 is 6.66. The lowest BCUT2D eigenvalue weighted by Crippen LogP contribution is -2.39. The van der Waals surface area contributed by atoms with E-state index < -0.39 is 0 Å². The third-order valence-electron chi connectivity index (χ3n) is 2.28. The second kappa shape index (κ2) is 4.78. The highest BCUT2D eigenvalue weighted by molar-refractivity contribution is 5.88. The molecule has 0 atom stereocenters. The van der Waals surface area contributed by atoms with Crippen molar-refractivity contribution in [1.29, 1.82) is 0 Å². The summed E-state index contributed by atoms with van der Waals surface area (Å²) in [5.74, 6) is 0.982. The lowest BCUT2D eigenvalue weighted by atomic mass is 10.3. The minimum atomic E-state index is -0.132. The predicted octanol–water partition coefficient (Wildman–Crippen LogP) is 1.22. The molecule has 0 aliphatic heterocycles. The number of carbonyl (C=O) groups excluding carboxylic acids is 1. The van der Waals surface area contributed by atoms with E-state index in [0.29, 0.717) is 11.6 Å². The molecule has 0 saturated heterocycles. The molecule has 0 spiro atoms. The van der Waals surface area contributed by atoms with Crippen LogP contribution in [0.4, 0.5) is 5.82 Å². The Morgan fingerprint density at radius 1 is 1.41 bits per heavy atom. The van der Waals surface area contributed by atoms with E-state index in [1.165, 1.54) is 0 Å². The van der Waals surface area contributed by atoms with Crippen molar-refractivity contribution in [3.05, 3.63) is 41.9 Å². The summed E-state index contributed by atoms with van der Waals surface area (Å²) in [7, 11) is 0. The maximum Gasteiger partial charge on any atom is 0.291 e. The van der Waals surface area contributed by atoms with Crippen LogP contribution < -0.4 is 9.88 Å². The van der Waals surface area contributed by atoms with Crippen LogP contribution >= 0.6 is 0 Å². The van der Waals surface area contributed by atoms with Crippen molar-refractivity contribution >= 4 is 11.7 Å². The lowest BCUT2D eigenvalue weighted by Gasteiger charge is -1.98. The molecule has 0 fully saturated rings. The zero-order valence-corrected chi connectivity index (χ0v) is 9.80. The summed E-state index contributed by atoms with van der Waals surface area (Å²) >= 11 is 0. The lowest BCUT2D eigenvalue weighted by molar-refractivity contribution is -0.684. The quantitative estimate of drug-likeness (QED) is 0.809. The topological polar surface area (TPSA) is 59.0 Å². The minimum absolute atomic E-state index is 0.132. The van der Waals surface area contributed by atoms with Crippen LogP contribution in [-0.2, 0) is 11.3 Å². The summed E-state index contributed by atoms with van der Waals surface area (Å²) in [5, 5.41) is 6.36. The van der Waals surface area contributed by atoms with Gasteiger partial charge in [-0.1, -0.05) is 5.16 Å². The molecule has 2 rings (SSSR count). The van der Waals surface area contributed by atoms with Gasteiger partial charge >= 0.3 is 0 Å². The van der Waals surface area contributed by atoms with Gasteiger partial charge in [0.25, 0.3) is 5.91 Å². The van der Waals surface area contributed by atoms with Crippen molar-refractivity contribution in [2.75, 3.05) is 5.32 Å². The highest BCUT2D eigenvalue weighted by Gasteiger charge is 2.11. The maximum atomic E-state index is 11.7. The molecule has 17 heavy (non-hydrogen) atoms. The molecule has 0 radical (unpaired) electrons. The van der Waals surface area contributed by atoms with Gasteiger partial charge in [-0.3, -0.25) is 4.79 Å². The van der Waals surface area contributed by atoms with Crippen molar-refractivity contribution in [1.82, 2.24) is 5.16 Å². The first-order valence-electron chi connectivity index (χ1n) is 5.32. The Morgan fingerprint density at radius 2 is 2.12 bits per heavy atom. The fourth-order valence-electron chi connectivity index (χ4n) is 1.41. The zero-order chi connectivity index (χ0) is 12.3. The second-order valence-electron chi connectivity index (χ2n) is 3.92. The van der Waals surface area contributed by atoms with Crippen LogP contribution in [0.15, 0.2) is 35.1 Å². The molecule has 0 aromatic carbocycles. The van der Waals surface area contributed by atoms with Gasteiger partial charge in [-0.05, 0) is 19.4 Å². The number of hydrogen-bond acceptors (Lipinski definition) is 3. The smallest absolute Gasteiger partial charge is 0.291 e. The Labute approximate surface area is 99.1 Å². The summed E-state index contributed by atoms with van der Waals surface area (Å²) in [6.45, 7) is 4.03.